The molecule has 0 heterocycles. The highest BCUT2D eigenvalue weighted by Crippen LogP contribution is 2.35. The quantitative estimate of drug-likeness (QED) is 0.726. The number of ether oxygens (including phenoxy) is 2. The van der Waals surface area contributed by atoms with Crippen molar-refractivity contribution in [2.45, 2.75) is 25.9 Å². The van der Waals surface area contributed by atoms with Crippen molar-refractivity contribution in [1.82, 2.24) is 5.32 Å². The summed E-state index contributed by atoms with van der Waals surface area (Å²) in [5.41, 5.74) is 0. The van der Waals surface area contributed by atoms with Crippen LogP contribution in [0, 0.1) is 11.8 Å². The van der Waals surface area contributed by atoms with E-state index >= 15 is 0 Å². The highest BCUT2D eigenvalue weighted by molar-refractivity contribution is 5.32. The molecular weight excluding hydrogens is 254 g/mol. The third-order valence-corrected chi connectivity index (χ3v) is 3.76. The minimum Gasteiger partial charge on any atom is -0.497 e. The molecule has 0 saturated heterocycles. The summed E-state index contributed by atoms with van der Waals surface area (Å²) in [6.45, 7) is 4.10. The van der Waals surface area contributed by atoms with Gasteiger partial charge in [0.15, 0.2) is 0 Å². The van der Waals surface area contributed by atoms with Gasteiger partial charge in [-0.1, -0.05) is 13.0 Å². The van der Waals surface area contributed by atoms with Crippen molar-refractivity contribution < 1.29 is 14.6 Å². The average molecular weight is 279 g/mol. The van der Waals surface area contributed by atoms with Crippen LogP contribution in [0.15, 0.2) is 24.3 Å². The topological polar surface area (TPSA) is 50.7 Å². The summed E-state index contributed by atoms with van der Waals surface area (Å²) in [4.78, 5) is 0. The molecule has 0 aromatic heterocycles. The van der Waals surface area contributed by atoms with Gasteiger partial charge in [-0.2, -0.15) is 0 Å². The minimum absolute atomic E-state index is 0.290. The van der Waals surface area contributed by atoms with E-state index in [2.05, 4.69) is 12.2 Å². The van der Waals surface area contributed by atoms with E-state index in [0.717, 1.165) is 24.0 Å². The van der Waals surface area contributed by atoms with Gasteiger partial charge in [-0.3, -0.25) is 0 Å². The molecule has 0 aliphatic heterocycles. The van der Waals surface area contributed by atoms with Gasteiger partial charge < -0.3 is 19.9 Å². The molecule has 2 unspecified atom stereocenters. The first kappa shape index (κ1) is 15.1. The number of rotatable bonds is 9. The van der Waals surface area contributed by atoms with Crippen molar-refractivity contribution in [2.75, 3.05) is 26.8 Å². The molecular formula is C16H25NO3. The summed E-state index contributed by atoms with van der Waals surface area (Å²) >= 11 is 0. The number of hydrogen-bond donors (Lipinski definition) is 2. The molecule has 0 bridgehead atoms. The van der Waals surface area contributed by atoms with Gasteiger partial charge in [0.05, 0.1) is 7.11 Å². The fraction of sp³-hybridized carbons (Fsp3) is 0.625. The summed E-state index contributed by atoms with van der Waals surface area (Å²) in [6.07, 6.45) is 2.24. The zero-order valence-electron chi connectivity index (χ0n) is 12.3. The molecule has 1 aliphatic rings. The summed E-state index contributed by atoms with van der Waals surface area (Å²) in [5.74, 6) is 3.08. The molecule has 4 heteroatoms. The van der Waals surface area contributed by atoms with Crippen molar-refractivity contribution in [1.29, 1.82) is 0 Å². The van der Waals surface area contributed by atoms with E-state index in [1.807, 2.05) is 24.3 Å². The number of benzene rings is 1. The van der Waals surface area contributed by atoms with Gasteiger partial charge >= 0.3 is 0 Å². The van der Waals surface area contributed by atoms with Crippen LogP contribution in [-0.2, 0) is 0 Å². The largest absolute Gasteiger partial charge is 0.497 e. The lowest BCUT2D eigenvalue weighted by atomic mass is 10.1. The van der Waals surface area contributed by atoms with Gasteiger partial charge in [-0.05, 0) is 43.4 Å². The molecule has 1 aromatic rings. The van der Waals surface area contributed by atoms with Crippen molar-refractivity contribution in [3.05, 3.63) is 24.3 Å². The van der Waals surface area contributed by atoms with E-state index in [4.69, 9.17) is 9.47 Å². The molecule has 112 valence electrons. The Labute approximate surface area is 121 Å². The Hall–Kier alpha value is -1.26. The highest BCUT2D eigenvalue weighted by atomic mass is 16.5. The molecule has 0 amide bonds. The lowest BCUT2D eigenvalue weighted by molar-refractivity contribution is 0.105. The first-order chi connectivity index (χ1) is 9.69. The fourth-order valence-corrected chi connectivity index (χ4v) is 2.25. The van der Waals surface area contributed by atoms with Gasteiger partial charge in [0.2, 0.25) is 0 Å². The summed E-state index contributed by atoms with van der Waals surface area (Å²) in [5, 5.41) is 13.2. The van der Waals surface area contributed by atoms with Crippen LogP contribution in [-0.4, -0.2) is 38.0 Å². The second-order valence-electron chi connectivity index (χ2n) is 5.62. The van der Waals surface area contributed by atoms with E-state index in [1.54, 1.807) is 7.11 Å². The Morgan fingerprint density at radius 2 is 2.05 bits per heavy atom. The van der Waals surface area contributed by atoms with E-state index in [0.29, 0.717) is 12.5 Å². The Balaban J connectivity index is 1.62. The smallest absolute Gasteiger partial charge is 0.123 e. The van der Waals surface area contributed by atoms with Gasteiger partial charge in [0.25, 0.3) is 0 Å². The Bertz CT molecular complexity index is 406. The number of aliphatic hydroxyl groups excluding tert-OH is 1. The molecule has 1 aliphatic carbocycles. The average Bonchev–Trinajstić information content (AvgIpc) is 3.30. The number of methoxy groups -OCH3 is 1. The van der Waals surface area contributed by atoms with Crippen molar-refractivity contribution in [3.63, 3.8) is 0 Å². The monoisotopic (exact) mass is 279 g/mol. The number of nitrogens with one attached hydrogen (secondary N) is 1. The Morgan fingerprint density at radius 1 is 1.30 bits per heavy atom. The minimum atomic E-state index is -0.493. The van der Waals surface area contributed by atoms with Crippen LogP contribution < -0.4 is 14.8 Å². The first-order valence-electron chi connectivity index (χ1n) is 7.34. The molecule has 0 spiro atoms. The van der Waals surface area contributed by atoms with Gasteiger partial charge in [-0.25, -0.2) is 0 Å². The number of aliphatic hydroxyl groups is 1. The van der Waals surface area contributed by atoms with Gasteiger partial charge in [-0.15, -0.1) is 0 Å². The molecule has 2 N–H and O–H groups in total. The Morgan fingerprint density at radius 3 is 2.75 bits per heavy atom. The summed E-state index contributed by atoms with van der Waals surface area (Å²) in [6, 6.07) is 7.41. The second kappa shape index (κ2) is 7.50. The van der Waals surface area contributed by atoms with E-state index in [9.17, 15) is 5.11 Å². The van der Waals surface area contributed by atoms with Crippen LogP contribution in [0.5, 0.6) is 11.5 Å². The highest BCUT2D eigenvalue weighted by Gasteiger charge is 2.27. The fourth-order valence-electron chi connectivity index (χ4n) is 2.25. The van der Waals surface area contributed by atoms with Crippen molar-refractivity contribution in [2.24, 2.45) is 11.8 Å². The van der Waals surface area contributed by atoms with Crippen LogP contribution in [0.25, 0.3) is 0 Å². The lowest BCUT2D eigenvalue weighted by Crippen LogP contribution is -2.34. The molecule has 0 radical (unpaired) electrons. The molecule has 20 heavy (non-hydrogen) atoms. The normalized spacial score (nSPS) is 17.6. The van der Waals surface area contributed by atoms with Gasteiger partial charge in [0.1, 0.15) is 24.2 Å². The first-order valence-corrected chi connectivity index (χ1v) is 7.34. The maximum atomic E-state index is 9.89. The third kappa shape index (κ3) is 5.02. The molecule has 2 rings (SSSR count). The van der Waals surface area contributed by atoms with Crippen molar-refractivity contribution >= 4 is 0 Å². The SMILES string of the molecule is COc1cccc(OCC(O)CNCC(C)C2CC2)c1. The standard InChI is InChI=1S/C16H25NO3/c1-12(13-6-7-13)9-17-10-14(18)11-20-16-5-3-4-15(8-16)19-2/h3-5,8,12-14,17-18H,6-7,9-11H2,1-2H3. The maximum absolute atomic E-state index is 9.89. The van der Waals surface area contributed by atoms with Crippen LogP contribution in [0.4, 0.5) is 0 Å². The summed E-state index contributed by atoms with van der Waals surface area (Å²) < 4.78 is 10.7. The van der Waals surface area contributed by atoms with Crippen LogP contribution in [0.1, 0.15) is 19.8 Å². The predicted molar refractivity (Wildman–Crippen MR) is 79.3 cm³/mol. The lowest BCUT2D eigenvalue weighted by Gasteiger charge is -2.16. The van der Waals surface area contributed by atoms with E-state index in [-0.39, 0.29) is 6.61 Å². The predicted octanol–water partition coefficient (Wildman–Crippen LogP) is 2.07. The molecule has 4 nitrogen and oxygen atoms in total. The maximum Gasteiger partial charge on any atom is 0.123 e. The summed E-state index contributed by atoms with van der Waals surface area (Å²) in [7, 11) is 1.62. The molecule has 1 fully saturated rings. The molecule has 1 saturated carbocycles. The van der Waals surface area contributed by atoms with E-state index in [1.165, 1.54) is 12.8 Å². The molecule has 1 aromatic carbocycles. The van der Waals surface area contributed by atoms with Crippen LogP contribution >= 0.6 is 0 Å². The number of hydrogen-bond acceptors (Lipinski definition) is 4. The van der Waals surface area contributed by atoms with Crippen molar-refractivity contribution in [3.8, 4) is 11.5 Å². The molecule has 2 atom stereocenters. The van der Waals surface area contributed by atoms with Gasteiger partial charge in [0, 0.05) is 12.6 Å². The Kier molecular flexibility index (Phi) is 5.68. The zero-order valence-corrected chi connectivity index (χ0v) is 12.3. The zero-order chi connectivity index (χ0) is 14.4. The second-order valence-corrected chi connectivity index (χ2v) is 5.62. The van der Waals surface area contributed by atoms with Crippen LogP contribution in [0.3, 0.4) is 0 Å². The van der Waals surface area contributed by atoms with Crippen LogP contribution in [0.2, 0.25) is 0 Å². The van der Waals surface area contributed by atoms with E-state index < -0.39 is 6.10 Å². The third-order valence-electron chi connectivity index (χ3n) is 3.76.